The van der Waals surface area contributed by atoms with Crippen molar-refractivity contribution in [2.75, 3.05) is 5.32 Å². The Morgan fingerprint density at radius 2 is 1.83 bits per heavy atom. The standard InChI is InChI=1S/C19H19N3OS/c1-13-9-14(2)11-17(10-13)21-18(23)4-3-16-12-24-19(22-16)15-5-7-20-8-6-15/h5-12H,3-4H2,1-2H3,(H,21,23). The Labute approximate surface area is 145 Å². The summed E-state index contributed by atoms with van der Waals surface area (Å²) in [4.78, 5) is 20.8. The number of aromatic nitrogens is 2. The van der Waals surface area contributed by atoms with Gasteiger partial charge in [-0.1, -0.05) is 6.07 Å². The summed E-state index contributed by atoms with van der Waals surface area (Å²) in [5.74, 6) is 0.0125. The molecule has 0 bridgehead atoms. The molecule has 0 fully saturated rings. The average Bonchev–Trinajstić information content (AvgIpc) is 3.02. The number of carbonyl (C=O) groups is 1. The fraction of sp³-hybridized carbons (Fsp3) is 0.211. The van der Waals surface area contributed by atoms with Gasteiger partial charge in [0.2, 0.25) is 5.91 Å². The maximum Gasteiger partial charge on any atom is 0.224 e. The molecular weight excluding hydrogens is 318 g/mol. The highest BCUT2D eigenvalue weighted by atomic mass is 32.1. The third-order valence-corrected chi connectivity index (χ3v) is 4.53. The van der Waals surface area contributed by atoms with Gasteiger partial charge in [0.25, 0.3) is 0 Å². The van der Waals surface area contributed by atoms with E-state index in [0.29, 0.717) is 12.8 Å². The summed E-state index contributed by atoms with van der Waals surface area (Å²) >= 11 is 1.59. The molecule has 0 aliphatic carbocycles. The number of hydrogen-bond acceptors (Lipinski definition) is 4. The molecule has 3 aromatic rings. The van der Waals surface area contributed by atoms with Crippen LogP contribution >= 0.6 is 11.3 Å². The Bertz CT molecular complexity index is 823. The average molecular weight is 337 g/mol. The lowest BCUT2D eigenvalue weighted by atomic mass is 10.1. The Kier molecular flexibility index (Phi) is 5.01. The van der Waals surface area contributed by atoms with Gasteiger partial charge in [0, 0.05) is 35.4 Å². The molecule has 0 unspecified atom stereocenters. The number of hydrogen-bond donors (Lipinski definition) is 1. The topological polar surface area (TPSA) is 54.9 Å². The molecule has 0 spiro atoms. The molecular formula is C19H19N3OS. The first kappa shape index (κ1) is 16.3. The minimum Gasteiger partial charge on any atom is -0.326 e. The number of aryl methyl sites for hydroxylation is 3. The van der Waals surface area contributed by atoms with E-state index in [1.54, 1.807) is 23.7 Å². The van der Waals surface area contributed by atoms with Gasteiger partial charge in [-0.25, -0.2) is 4.98 Å². The molecule has 5 heteroatoms. The van der Waals surface area contributed by atoms with E-state index in [2.05, 4.69) is 21.4 Å². The summed E-state index contributed by atoms with van der Waals surface area (Å²) in [6.45, 7) is 4.05. The Hall–Kier alpha value is -2.53. The maximum atomic E-state index is 12.1. The van der Waals surface area contributed by atoms with Crippen LogP contribution < -0.4 is 5.32 Å². The van der Waals surface area contributed by atoms with Crippen molar-refractivity contribution in [3.8, 4) is 10.6 Å². The first-order valence-electron chi connectivity index (χ1n) is 7.83. The molecule has 0 radical (unpaired) electrons. The minimum atomic E-state index is 0.0125. The van der Waals surface area contributed by atoms with E-state index in [1.165, 1.54) is 0 Å². The van der Waals surface area contributed by atoms with Gasteiger partial charge >= 0.3 is 0 Å². The van der Waals surface area contributed by atoms with Crippen molar-refractivity contribution in [1.29, 1.82) is 0 Å². The smallest absolute Gasteiger partial charge is 0.224 e. The van der Waals surface area contributed by atoms with Gasteiger partial charge in [-0.3, -0.25) is 9.78 Å². The highest BCUT2D eigenvalue weighted by molar-refractivity contribution is 7.13. The van der Waals surface area contributed by atoms with Crippen LogP contribution in [0.3, 0.4) is 0 Å². The number of thiazole rings is 1. The van der Waals surface area contributed by atoms with Crippen molar-refractivity contribution in [2.45, 2.75) is 26.7 Å². The van der Waals surface area contributed by atoms with Crippen molar-refractivity contribution in [3.63, 3.8) is 0 Å². The molecule has 1 aromatic carbocycles. The van der Waals surface area contributed by atoms with Crippen LogP contribution in [0.4, 0.5) is 5.69 Å². The second-order valence-electron chi connectivity index (χ2n) is 5.80. The number of carbonyl (C=O) groups excluding carboxylic acids is 1. The number of nitrogens with one attached hydrogen (secondary N) is 1. The third kappa shape index (κ3) is 4.26. The number of nitrogens with zero attached hydrogens (tertiary/aromatic N) is 2. The number of benzene rings is 1. The van der Waals surface area contributed by atoms with Crippen LogP contribution in [0.1, 0.15) is 23.2 Å². The number of anilines is 1. The molecule has 2 heterocycles. The normalized spacial score (nSPS) is 10.6. The Balaban J connectivity index is 1.58. The van der Waals surface area contributed by atoms with Gasteiger partial charge in [-0.05, 0) is 55.7 Å². The lowest BCUT2D eigenvalue weighted by Crippen LogP contribution is -2.12. The molecule has 4 nitrogen and oxygen atoms in total. The van der Waals surface area contributed by atoms with E-state index in [1.807, 2.05) is 43.5 Å². The summed E-state index contributed by atoms with van der Waals surface area (Å²) in [5, 5.41) is 5.93. The molecule has 1 N–H and O–H groups in total. The van der Waals surface area contributed by atoms with Crippen molar-refractivity contribution < 1.29 is 4.79 Å². The van der Waals surface area contributed by atoms with Gasteiger partial charge < -0.3 is 5.32 Å². The quantitative estimate of drug-likeness (QED) is 0.751. The highest BCUT2D eigenvalue weighted by Crippen LogP contribution is 2.23. The van der Waals surface area contributed by atoms with E-state index in [4.69, 9.17) is 0 Å². The van der Waals surface area contributed by atoms with Crippen LogP contribution in [0.15, 0.2) is 48.1 Å². The fourth-order valence-corrected chi connectivity index (χ4v) is 3.42. The maximum absolute atomic E-state index is 12.1. The van der Waals surface area contributed by atoms with Crippen molar-refractivity contribution in [2.24, 2.45) is 0 Å². The molecule has 0 aliphatic rings. The molecule has 1 amide bonds. The molecule has 0 atom stereocenters. The monoisotopic (exact) mass is 337 g/mol. The fourth-order valence-electron chi connectivity index (χ4n) is 2.56. The van der Waals surface area contributed by atoms with Crippen LogP contribution in [-0.4, -0.2) is 15.9 Å². The minimum absolute atomic E-state index is 0.0125. The molecule has 122 valence electrons. The van der Waals surface area contributed by atoms with Gasteiger partial charge in [0.05, 0.1) is 5.69 Å². The zero-order chi connectivity index (χ0) is 16.9. The molecule has 2 aromatic heterocycles. The Morgan fingerprint density at radius 1 is 1.12 bits per heavy atom. The van der Waals surface area contributed by atoms with Crippen molar-refractivity contribution >= 4 is 22.9 Å². The summed E-state index contributed by atoms with van der Waals surface area (Å²) in [7, 11) is 0. The zero-order valence-electron chi connectivity index (χ0n) is 13.7. The van der Waals surface area contributed by atoms with Crippen LogP contribution in [0.25, 0.3) is 10.6 Å². The molecule has 0 saturated heterocycles. The molecule has 0 saturated carbocycles. The van der Waals surface area contributed by atoms with E-state index in [9.17, 15) is 4.79 Å². The van der Waals surface area contributed by atoms with Gasteiger partial charge in [0.1, 0.15) is 5.01 Å². The third-order valence-electron chi connectivity index (χ3n) is 3.59. The highest BCUT2D eigenvalue weighted by Gasteiger charge is 2.08. The number of pyridine rings is 1. The summed E-state index contributed by atoms with van der Waals surface area (Å²) in [5.41, 5.74) is 5.15. The SMILES string of the molecule is Cc1cc(C)cc(NC(=O)CCc2csc(-c3ccncc3)n2)c1. The van der Waals surface area contributed by atoms with Crippen LogP contribution in [0.5, 0.6) is 0 Å². The van der Waals surface area contributed by atoms with Crippen molar-refractivity contribution in [1.82, 2.24) is 9.97 Å². The zero-order valence-corrected chi connectivity index (χ0v) is 14.6. The second kappa shape index (κ2) is 7.36. The van der Waals surface area contributed by atoms with E-state index >= 15 is 0 Å². The summed E-state index contributed by atoms with van der Waals surface area (Å²) in [6.07, 6.45) is 4.58. The predicted molar refractivity (Wildman–Crippen MR) is 98.2 cm³/mol. The van der Waals surface area contributed by atoms with Crippen LogP contribution in [0, 0.1) is 13.8 Å². The number of rotatable bonds is 5. The van der Waals surface area contributed by atoms with Gasteiger partial charge in [0.15, 0.2) is 0 Å². The lowest BCUT2D eigenvalue weighted by molar-refractivity contribution is -0.116. The Morgan fingerprint density at radius 3 is 2.54 bits per heavy atom. The van der Waals surface area contributed by atoms with Crippen LogP contribution in [-0.2, 0) is 11.2 Å². The summed E-state index contributed by atoms with van der Waals surface area (Å²) < 4.78 is 0. The predicted octanol–water partition coefficient (Wildman–Crippen LogP) is 4.39. The number of amides is 1. The van der Waals surface area contributed by atoms with E-state index < -0.39 is 0 Å². The van der Waals surface area contributed by atoms with Gasteiger partial charge in [-0.2, -0.15) is 0 Å². The van der Waals surface area contributed by atoms with E-state index in [-0.39, 0.29) is 5.91 Å². The summed E-state index contributed by atoms with van der Waals surface area (Å²) in [6, 6.07) is 9.93. The van der Waals surface area contributed by atoms with Gasteiger partial charge in [-0.15, -0.1) is 11.3 Å². The first-order chi connectivity index (χ1) is 11.6. The lowest BCUT2D eigenvalue weighted by Gasteiger charge is -2.07. The molecule has 3 rings (SSSR count). The first-order valence-corrected chi connectivity index (χ1v) is 8.71. The van der Waals surface area contributed by atoms with E-state index in [0.717, 1.165) is 33.1 Å². The van der Waals surface area contributed by atoms with Crippen molar-refractivity contribution in [3.05, 3.63) is 64.9 Å². The molecule has 0 aliphatic heterocycles. The molecule has 24 heavy (non-hydrogen) atoms. The largest absolute Gasteiger partial charge is 0.326 e. The second-order valence-corrected chi connectivity index (χ2v) is 6.66. The van der Waals surface area contributed by atoms with Crippen LogP contribution in [0.2, 0.25) is 0 Å².